The van der Waals surface area contributed by atoms with Crippen LogP contribution in [0.15, 0.2) is 23.6 Å². The number of hydrogen-bond donors (Lipinski definition) is 1. The highest BCUT2D eigenvalue weighted by molar-refractivity contribution is 7.09. The summed E-state index contributed by atoms with van der Waals surface area (Å²) < 4.78 is 13.8. The van der Waals surface area contributed by atoms with Crippen LogP contribution in [0.1, 0.15) is 43.1 Å². The zero-order valence-electron chi connectivity index (χ0n) is 11.8. The van der Waals surface area contributed by atoms with Gasteiger partial charge < -0.3 is 5.73 Å². The maximum absolute atomic E-state index is 13.8. The molecule has 0 spiro atoms. The highest BCUT2D eigenvalue weighted by Crippen LogP contribution is 2.27. The summed E-state index contributed by atoms with van der Waals surface area (Å²) >= 11 is 7.46. The van der Waals surface area contributed by atoms with E-state index < -0.39 is 6.04 Å². The van der Waals surface area contributed by atoms with Crippen molar-refractivity contribution in [3.63, 3.8) is 0 Å². The first kappa shape index (κ1) is 15.4. The molecule has 0 saturated carbocycles. The topological polar surface area (TPSA) is 38.9 Å². The van der Waals surface area contributed by atoms with Gasteiger partial charge in [-0.3, -0.25) is 0 Å². The van der Waals surface area contributed by atoms with Crippen LogP contribution in [0.2, 0.25) is 5.02 Å². The Morgan fingerprint density at radius 3 is 2.70 bits per heavy atom. The molecule has 1 atom stereocenters. The summed E-state index contributed by atoms with van der Waals surface area (Å²) in [5.41, 5.74) is 7.57. The van der Waals surface area contributed by atoms with E-state index >= 15 is 0 Å². The Labute approximate surface area is 127 Å². The van der Waals surface area contributed by atoms with Crippen molar-refractivity contribution >= 4 is 22.9 Å². The van der Waals surface area contributed by atoms with Crippen LogP contribution < -0.4 is 5.73 Å². The molecule has 1 aromatic carbocycles. The second-order valence-corrected chi connectivity index (χ2v) is 7.23. The van der Waals surface area contributed by atoms with Crippen LogP contribution in [0.3, 0.4) is 0 Å². The third-order valence-electron chi connectivity index (χ3n) is 3.07. The molecule has 1 heterocycles. The van der Waals surface area contributed by atoms with Gasteiger partial charge in [-0.2, -0.15) is 0 Å². The van der Waals surface area contributed by atoms with Gasteiger partial charge in [0.05, 0.1) is 10.7 Å². The molecule has 0 aliphatic rings. The standard InChI is InChI=1S/C15H18ClFN2S/c1-15(2,3)13-8-20-14(19-13)7-12(18)10-6-9(16)4-5-11(10)17/h4-6,8,12H,7,18H2,1-3H3. The summed E-state index contributed by atoms with van der Waals surface area (Å²) in [5.74, 6) is -0.325. The van der Waals surface area contributed by atoms with Gasteiger partial charge in [0, 0.05) is 33.8 Å². The molecular formula is C15H18ClFN2S. The van der Waals surface area contributed by atoms with Crippen molar-refractivity contribution in [3.8, 4) is 0 Å². The first-order valence-electron chi connectivity index (χ1n) is 6.43. The Bertz CT molecular complexity index is 604. The SMILES string of the molecule is CC(C)(C)c1csc(CC(N)c2cc(Cl)ccc2F)n1. The second-order valence-electron chi connectivity index (χ2n) is 5.85. The van der Waals surface area contributed by atoms with E-state index in [9.17, 15) is 4.39 Å². The van der Waals surface area contributed by atoms with Crippen molar-refractivity contribution < 1.29 is 4.39 Å². The maximum atomic E-state index is 13.8. The van der Waals surface area contributed by atoms with E-state index in [0.717, 1.165) is 10.7 Å². The van der Waals surface area contributed by atoms with Gasteiger partial charge in [0.1, 0.15) is 5.82 Å². The molecular weight excluding hydrogens is 295 g/mol. The van der Waals surface area contributed by atoms with Gasteiger partial charge in [0.2, 0.25) is 0 Å². The van der Waals surface area contributed by atoms with E-state index in [-0.39, 0.29) is 11.2 Å². The number of hydrogen-bond acceptors (Lipinski definition) is 3. The number of halogens is 2. The van der Waals surface area contributed by atoms with Gasteiger partial charge in [-0.15, -0.1) is 11.3 Å². The minimum Gasteiger partial charge on any atom is -0.324 e. The number of thiazole rings is 1. The second kappa shape index (κ2) is 5.80. The monoisotopic (exact) mass is 312 g/mol. The molecule has 0 aliphatic heterocycles. The number of nitrogens with zero attached hydrogens (tertiary/aromatic N) is 1. The zero-order chi connectivity index (χ0) is 14.9. The zero-order valence-corrected chi connectivity index (χ0v) is 13.4. The smallest absolute Gasteiger partial charge is 0.128 e. The van der Waals surface area contributed by atoms with E-state index in [1.165, 1.54) is 12.1 Å². The summed E-state index contributed by atoms with van der Waals surface area (Å²) in [7, 11) is 0. The maximum Gasteiger partial charge on any atom is 0.128 e. The van der Waals surface area contributed by atoms with Gasteiger partial charge in [-0.25, -0.2) is 9.37 Å². The Hall–Kier alpha value is -0.970. The number of rotatable bonds is 3. The van der Waals surface area contributed by atoms with E-state index in [0.29, 0.717) is 17.0 Å². The Morgan fingerprint density at radius 1 is 1.40 bits per heavy atom. The normalized spacial score (nSPS) is 13.5. The fraction of sp³-hybridized carbons (Fsp3) is 0.400. The highest BCUT2D eigenvalue weighted by atomic mass is 35.5. The third-order valence-corrected chi connectivity index (χ3v) is 4.18. The highest BCUT2D eigenvalue weighted by Gasteiger charge is 2.19. The predicted octanol–water partition coefficient (Wildman–Crippen LogP) is 4.48. The summed E-state index contributed by atoms with van der Waals surface area (Å²) in [6.07, 6.45) is 0.512. The molecule has 5 heteroatoms. The summed E-state index contributed by atoms with van der Waals surface area (Å²) in [4.78, 5) is 4.58. The van der Waals surface area contributed by atoms with E-state index in [1.807, 2.05) is 5.38 Å². The van der Waals surface area contributed by atoms with Crippen molar-refractivity contribution in [3.05, 3.63) is 50.7 Å². The van der Waals surface area contributed by atoms with Gasteiger partial charge in [0.25, 0.3) is 0 Å². The number of nitrogens with two attached hydrogens (primary N) is 1. The third kappa shape index (κ3) is 3.57. The molecule has 2 nitrogen and oxygen atoms in total. The Balaban J connectivity index is 2.17. The van der Waals surface area contributed by atoms with Crippen molar-refractivity contribution in [2.24, 2.45) is 5.73 Å². The number of benzene rings is 1. The minimum absolute atomic E-state index is 0.0140. The van der Waals surface area contributed by atoms with Crippen molar-refractivity contribution in [2.45, 2.75) is 38.6 Å². The Morgan fingerprint density at radius 2 is 2.10 bits per heavy atom. The summed E-state index contributed by atoms with van der Waals surface area (Å²) in [5, 5.41) is 3.45. The van der Waals surface area contributed by atoms with Crippen molar-refractivity contribution in [2.75, 3.05) is 0 Å². The fourth-order valence-corrected chi connectivity index (χ4v) is 3.11. The lowest BCUT2D eigenvalue weighted by molar-refractivity contribution is 0.563. The van der Waals surface area contributed by atoms with E-state index in [4.69, 9.17) is 17.3 Å². The molecule has 108 valence electrons. The molecule has 2 aromatic rings. The molecule has 0 radical (unpaired) electrons. The lowest BCUT2D eigenvalue weighted by Crippen LogP contribution is -2.16. The van der Waals surface area contributed by atoms with Crippen LogP contribution in [0.5, 0.6) is 0 Å². The molecule has 0 fully saturated rings. The molecule has 1 aromatic heterocycles. The van der Waals surface area contributed by atoms with Crippen LogP contribution in [0.25, 0.3) is 0 Å². The molecule has 20 heavy (non-hydrogen) atoms. The fourth-order valence-electron chi connectivity index (χ4n) is 1.85. The molecule has 1 unspecified atom stereocenters. The van der Waals surface area contributed by atoms with Crippen LogP contribution in [-0.2, 0) is 11.8 Å². The Kier molecular flexibility index (Phi) is 4.47. The van der Waals surface area contributed by atoms with Crippen LogP contribution in [-0.4, -0.2) is 4.98 Å². The first-order chi connectivity index (χ1) is 9.27. The summed E-state index contributed by atoms with van der Waals surface area (Å²) in [6, 6.07) is 4.02. The van der Waals surface area contributed by atoms with Gasteiger partial charge in [-0.1, -0.05) is 32.4 Å². The molecule has 2 N–H and O–H groups in total. The van der Waals surface area contributed by atoms with E-state index in [1.54, 1.807) is 17.4 Å². The quantitative estimate of drug-likeness (QED) is 0.907. The molecule has 0 bridgehead atoms. The van der Waals surface area contributed by atoms with Crippen molar-refractivity contribution in [1.29, 1.82) is 0 Å². The lowest BCUT2D eigenvalue weighted by atomic mass is 9.93. The largest absolute Gasteiger partial charge is 0.324 e. The van der Waals surface area contributed by atoms with Crippen LogP contribution >= 0.6 is 22.9 Å². The molecule has 0 aliphatic carbocycles. The minimum atomic E-state index is -0.437. The molecule has 0 amide bonds. The van der Waals surface area contributed by atoms with E-state index in [2.05, 4.69) is 25.8 Å². The van der Waals surface area contributed by atoms with Crippen LogP contribution in [0, 0.1) is 5.82 Å². The first-order valence-corrected chi connectivity index (χ1v) is 7.68. The lowest BCUT2D eigenvalue weighted by Gasteiger charge is -2.15. The molecule has 2 rings (SSSR count). The number of aromatic nitrogens is 1. The average molecular weight is 313 g/mol. The molecule has 0 saturated heterocycles. The van der Waals surface area contributed by atoms with Gasteiger partial charge in [-0.05, 0) is 18.2 Å². The summed E-state index contributed by atoms with van der Waals surface area (Å²) in [6.45, 7) is 6.34. The van der Waals surface area contributed by atoms with Crippen molar-refractivity contribution in [1.82, 2.24) is 4.98 Å². The van der Waals surface area contributed by atoms with Gasteiger partial charge in [0.15, 0.2) is 0 Å². The predicted molar refractivity (Wildman–Crippen MR) is 82.9 cm³/mol. The van der Waals surface area contributed by atoms with Gasteiger partial charge >= 0.3 is 0 Å². The average Bonchev–Trinajstić information content (AvgIpc) is 2.80. The van der Waals surface area contributed by atoms with Crippen LogP contribution in [0.4, 0.5) is 4.39 Å².